The second-order valence-corrected chi connectivity index (χ2v) is 8.72. The third-order valence-corrected chi connectivity index (χ3v) is 6.86. The third-order valence-electron chi connectivity index (χ3n) is 6.03. The molecule has 2 aromatic heterocycles. The number of ether oxygens (including phenoxy) is 2. The van der Waals surface area contributed by atoms with E-state index in [2.05, 4.69) is 22.0 Å². The van der Waals surface area contributed by atoms with Crippen LogP contribution in [0.15, 0.2) is 31.1 Å². The number of rotatable bonds is 8. The molecule has 10 heteroatoms. The Balaban J connectivity index is 1.57. The van der Waals surface area contributed by atoms with E-state index in [9.17, 15) is 4.79 Å². The number of nitrogens with one attached hydrogen (secondary N) is 1. The van der Waals surface area contributed by atoms with E-state index < -0.39 is 0 Å². The Labute approximate surface area is 201 Å². The lowest BCUT2D eigenvalue weighted by Crippen LogP contribution is -2.37. The molecular formula is C23H25Cl2N5O3. The molecule has 0 saturated heterocycles. The predicted molar refractivity (Wildman–Crippen MR) is 127 cm³/mol. The van der Waals surface area contributed by atoms with Gasteiger partial charge in [-0.25, -0.2) is 9.97 Å². The summed E-state index contributed by atoms with van der Waals surface area (Å²) >= 11 is 13.0. The van der Waals surface area contributed by atoms with Gasteiger partial charge in [-0.15, -0.1) is 0 Å². The summed E-state index contributed by atoms with van der Waals surface area (Å²) in [5.41, 5.74) is 2.12. The number of methoxy groups -OCH3 is 2. The molecular weight excluding hydrogens is 465 g/mol. The van der Waals surface area contributed by atoms with Crippen LogP contribution >= 0.6 is 23.2 Å². The Hall–Kier alpha value is -2.84. The maximum atomic E-state index is 11.7. The van der Waals surface area contributed by atoms with Crippen LogP contribution in [-0.4, -0.2) is 45.9 Å². The Morgan fingerprint density at radius 2 is 1.97 bits per heavy atom. The van der Waals surface area contributed by atoms with Gasteiger partial charge in [0.15, 0.2) is 0 Å². The molecule has 0 spiro atoms. The third kappa shape index (κ3) is 4.77. The molecule has 2 unspecified atom stereocenters. The average molecular weight is 490 g/mol. The first-order valence-corrected chi connectivity index (χ1v) is 11.4. The van der Waals surface area contributed by atoms with Crippen LogP contribution in [0.25, 0.3) is 11.0 Å². The number of aromatic nitrogens is 4. The number of hydrogen-bond acceptors (Lipinski definition) is 6. The number of benzene rings is 1. The molecule has 8 nitrogen and oxygen atoms in total. The van der Waals surface area contributed by atoms with Gasteiger partial charge in [-0.1, -0.05) is 36.2 Å². The average Bonchev–Trinajstić information content (AvgIpc) is 3.43. The van der Waals surface area contributed by atoms with Gasteiger partial charge in [-0.05, 0) is 24.8 Å². The molecule has 1 aliphatic rings. The number of halogens is 2. The van der Waals surface area contributed by atoms with Gasteiger partial charge in [0.25, 0.3) is 0 Å². The second kappa shape index (κ2) is 9.97. The molecule has 0 aliphatic heterocycles. The lowest BCUT2D eigenvalue weighted by Gasteiger charge is -2.19. The van der Waals surface area contributed by atoms with Crippen molar-refractivity contribution in [3.8, 4) is 11.5 Å². The van der Waals surface area contributed by atoms with Crippen LogP contribution in [0.5, 0.6) is 11.5 Å². The first kappa shape index (κ1) is 23.3. The second-order valence-electron chi connectivity index (χ2n) is 7.96. The van der Waals surface area contributed by atoms with Crippen molar-refractivity contribution in [3.05, 3.63) is 52.5 Å². The van der Waals surface area contributed by atoms with Crippen molar-refractivity contribution in [2.75, 3.05) is 14.2 Å². The minimum atomic E-state index is -0.143. The van der Waals surface area contributed by atoms with Crippen molar-refractivity contribution in [1.82, 2.24) is 25.1 Å². The van der Waals surface area contributed by atoms with Crippen LogP contribution in [0.2, 0.25) is 10.0 Å². The van der Waals surface area contributed by atoms with E-state index in [1.807, 2.05) is 0 Å². The Morgan fingerprint density at radius 3 is 2.64 bits per heavy atom. The van der Waals surface area contributed by atoms with Crippen molar-refractivity contribution < 1.29 is 14.3 Å². The maximum Gasteiger partial charge on any atom is 0.243 e. The van der Waals surface area contributed by atoms with Crippen molar-refractivity contribution in [2.24, 2.45) is 5.92 Å². The lowest BCUT2D eigenvalue weighted by molar-refractivity contribution is -0.117. The van der Waals surface area contributed by atoms with E-state index in [1.165, 1.54) is 20.3 Å². The Bertz CT molecular complexity index is 1170. The molecule has 1 aliphatic carbocycles. The van der Waals surface area contributed by atoms with E-state index in [0.29, 0.717) is 46.0 Å². The fourth-order valence-electron chi connectivity index (χ4n) is 4.30. The highest BCUT2D eigenvalue weighted by Gasteiger charge is 2.29. The smallest absolute Gasteiger partial charge is 0.243 e. The van der Waals surface area contributed by atoms with E-state index in [1.54, 1.807) is 23.1 Å². The monoisotopic (exact) mass is 489 g/mol. The molecule has 3 aromatic rings. The summed E-state index contributed by atoms with van der Waals surface area (Å²) in [6.07, 6.45) is 8.50. The Morgan fingerprint density at radius 1 is 1.24 bits per heavy atom. The lowest BCUT2D eigenvalue weighted by atomic mass is 9.99. The van der Waals surface area contributed by atoms with Gasteiger partial charge in [0.1, 0.15) is 28.4 Å². The zero-order valence-electron chi connectivity index (χ0n) is 18.5. The van der Waals surface area contributed by atoms with Crippen LogP contribution < -0.4 is 14.8 Å². The number of amides is 1. The number of nitrogens with zero attached hydrogens (tertiary/aromatic N) is 4. The summed E-state index contributed by atoms with van der Waals surface area (Å²) in [7, 11) is 3.07. The molecule has 33 heavy (non-hydrogen) atoms. The van der Waals surface area contributed by atoms with Gasteiger partial charge in [-0.2, -0.15) is 5.10 Å². The van der Waals surface area contributed by atoms with Gasteiger partial charge < -0.3 is 14.8 Å². The largest absolute Gasteiger partial charge is 0.495 e. The maximum absolute atomic E-state index is 11.7. The number of carbonyl (C=O) groups is 1. The highest BCUT2D eigenvalue weighted by atomic mass is 35.5. The van der Waals surface area contributed by atoms with Crippen LogP contribution in [-0.2, 0) is 17.8 Å². The molecule has 4 rings (SSSR count). The summed E-state index contributed by atoms with van der Waals surface area (Å²) in [5, 5.41) is 8.29. The number of fused-ring (bicyclic) bond motifs is 1. The fraction of sp³-hybridized carbons (Fsp3) is 0.391. The minimum Gasteiger partial charge on any atom is -0.495 e. The molecule has 0 bridgehead atoms. The molecule has 1 saturated carbocycles. The summed E-state index contributed by atoms with van der Waals surface area (Å²) < 4.78 is 12.4. The van der Waals surface area contributed by atoms with Gasteiger partial charge in [0.05, 0.1) is 43.2 Å². The molecule has 1 aromatic carbocycles. The number of hydrogen-bond donors (Lipinski definition) is 1. The normalized spacial score (nSPS) is 17.8. The van der Waals surface area contributed by atoms with E-state index in [0.717, 1.165) is 36.1 Å². The highest BCUT2D eigenvalue weighted by Crippen LogP contribution is 2.41. The van der Waals surface area contributed by atoms with E-state index >= 15 is 0 Å². The standard InChI is InChI=1S/C23H25Cl2N5O3/c1-4-21(31)29-15-7-5-6-13(15)8-20-26-11-17-16(28-20)10-27-30(17)12-14-22(24)18(32-2)9-19(33-3)23(14)25/h4,9-11,13,15H,1,5-8,12H2,2-3H3,(H,29,31). The van der Waals surface area contributed by atoms with Crippen molar-refractivity contribution in [2.45, 2.75) is 38.3 Å². The highest BCUT2D eigenvalue weighted by molar-refractivity contribution is 6.37. The quantitative estimate of drug-likeness (QED) is 0.476. The summed E-state index contributed by atoms with van der Waals surface area (Å²) in [4.78, 5) is 21.0. The minimum absolute atomic E-state index is 0.116. The zero-order chi connectivity index (χ0) is 23.5. The molecule has 0 radical (unpaired) electrons. The van der Waals surface area contributed by atoms with Crippen molar-refractivity contribution in [1.29, 1.82) is 0 Å². The summed E-state index contributed by atoms with van der Waals surface area (Å²) in [6.45, 7) is 3.83. The predicted octanol–water partition coefficient (Wildman–Crippen LogP) is 4.21. The molecule has 1 N–H and O–H groups in total. The molecule has 2 heterocycles. The van der Waals surface area contributed by atoms with Gasteiger partial charge >= 0.3 is 0 Å². The first-order valence-electron chi connectivity index (χ1n) is 10.6. The van der Waals surface area contributed by atoms with Crippen LogP contribution in [0.1, 0.15) is 30.7 Å². The fourth-order valence-corrected chi connectivity index (χ4v) is 4.92. The summed E-state index contributed by atoms with van der Waals surface area (Å²) in [6, 6.07) is 1.77. The van der Waals surface area contributed by atoms with Gasteiger partial charge in [0.2, 0.25) is 5.91 Å². The van der Waals surface area contributed by atoms with Crippen LogP contribution in [0, 0.1) is 5.92 Å². The molecule has 1 amide bonds. The molecule has 1 fully saturated rings. The SMILES string of the molecule is C=CC(=O)NC1CCCC1Cc1ncc2c(cnn2Cc2c(Cl)c(OC)cc(OC)c2Cl)n1. The number of carbonyl (C=O) groups excluding carboxylic acids is 1. The van der Waals surface area contributed by atoms with Crippen LogP contribution in [0.3, 0.4) is 0 Å². The van der Waals surface area contributed by atoms with E-state index in [-0.39, 0.29) is 11.9 Å². The van der Waals surface area contributed by atoms with E-state index in [4.69, 9.17) is 37.7 Å². The zero-order valence-corrected chi connectivity index (χ0v) is 20.0. The van der Waals surface area contributed by atoms with Crippen molar-refractivity contribution in [3.63, 3.8) is 0 Å². The topological polar surface area (TPSA) is 91.2 Å². The first-order chi connectivity index (χ1) is 15.9. The van der Waals surface area contributed by atoms with Gasteiger partial charge in [-0.3, -0.25) is 9.48 Å². The molecule has 2 atom stereocenters. The van der Waals surface area contributed by atoms with Gasteiger partial charge in [0, 0.05) is 24.1 Å². The molecule has 174 valence electrons. The van der Waals surface area contributed by atoms with Crippen molar-refractivity contribution >= 4 is 40.1 Å². The van der Waals surface area contributed by atoms with Crippen LogP contribution in [0.4, 0.5) is 0 Å². The Kier molecular flexibility index (Phi) is 7.05. The summed E-state index contributed by atoms with van der Waals surface area (Å²) in [5.74, 6) is 1.82.